The number of ether oxygens (including phenoxy) is 1. The van der Waals surface area contributed by atoms with Crippen molar-refractivity contribution in [2.45, 2.75) is 59.8 Å². The Morgan fingerprint density at radius 2 is 1.79 bits per heavy atom. The molecule has 3 nitrogen and oxygen atoms in total. The van der Waals surface area contributed by atoms with Crippen LogP contribution < -0.4 is 0 Å². The van der Waals surface area contributed by atoms with Gasteiger partial charge in [-0.15, -0.1) is 0 Å². The second-order valence-corrected chi connectivity index (χ2v) is 9.06. The standard InChI is InChI=1S/C20H32O3S/c1-19(2,3)13-15(18(24)23-10-9-21)11-14-7-8-17(22)16(12-14)20(4,5)6/h7-8,12,15,21-22H,9-11,13H2,1-6H3. The number of rotatable bonds is 6. The summed E-state index contributed by atoms with van der Waals surface area (Å²) in [6.45, 7) is 13.0. The van der Waals surface area contributed by atoms with Crippen molar-refractivity contribution < 1.29 is 14.9 Å². The first-order valence-corrected chi connectivity index (χ1v) is 8.95. The topological polar surface area (TPSA) is 49.7 Å². The molecule has 0 fully saturated rings. The molecule has 24 heavy (non-hydrogen) atoms. The first-order valence-electron chi connectivity index (χ1n) is 8.54. The van der Waals surface area contributed by atoms with Crippen LogP contribution in [0.15, 0.2) is 18.2 Å². The molecule has 4 heteroatoms. The van der Waals surface area contributed by atoms with Gasteiger partial charge in [-0.25, -0.2) is 0 Å². The molecular formula is C20H32O3S. The van der Waals surface area contributed by atoms with Gasteiger partial charge < -0.3 is 14.9 Å². The fraction of sp³-hybridized carbons (Fsp3) is 0.650. The van der Waals surface area contributed by atoms with Crippen LogP contribution in [-0.4, -0.2) is 28.5 Å². The lowest BCUT2D eigenvalue weighted by atomic mass is 9.80. The van der Waals surface area contributed by atoms with Crippen molar-refractivity contribution in [3.63, 3.8) is 0 Å². The van der Waals surface area contributed by atoms with Crippen molar-refractivity contribution in [3.8, 4) is 5.75 Å². The molecular weight excluding hydrogens is 320 g/mol. The lowest BCUT2D eigenvalue weighted by molar-refractivity contribution is 0.183. The zero-order valence-corrected chi connectivity index (χ0v) is 16.7. The molecule has 0 amide bonds. The third kappa shape index (κ3) is 6.78. The van der Waals surface area contributed by atoms with Crippen LogP contribution in [0.4, 0.5) is 0 Å². The summed E-state index contributed by atoms with van der Waals surface area (Å²) in [5.41, 5.74) is 2.09. The highest BCUT2D eigenvalue weighted by Crippen LogP contribution is 2.33. The summed E-state index contributed by atoms with van der Waals surface area (Å²) < 4.78 is 5.52. The number of aliphatic hydroxyl groups excluding tert-OH is 1. The number of thiocarbonyl (C=S) groups is 1. The van der Waals surface area contributed by atoms with E-state index in [4.69, 9.17) is 22.1 Å². The number of hydrogen-bond donors (Lipinski definition) is 2. The molecule has 0 spiro atoms. The molecule has 0 aliphatic heterocycles. The molecule has 0 saturated carbocycles. The Hall–Kier alpha value is -1.13. The lowest BCUT2D eigenvalue weighted by Gasteiger charge is -2.27. The Kier molecular flexibility index (Phi) is 7.24. The van der Waals surface area contributed by atoms with Gasteiger partial charge in [0.05, 0.1) is 6.61 Å². The van der Waals surface area contributed by atoms with Crippen LogP contribution in [-0.2, 0) is 16.6 Å². The van der Waals surface area contributed by atoms with Crippen LogP contribution in [0.5, 0.6) is 5.75 Å². The summed E-state index contributed by atoms with van der Waals surface area (Å²) in [6.07, 6.45) is 1.67. The van der Waals surface area contributed by atoms with E-state index in [-0.39, 0.29) is 30.0 Å². The van der Waals surface area contributed by atoms with Gasteiger partial charge >= 0.3 is 0 Å². The first kappa shape index (κ1) is 20.9. The van der Waals surface area contributed by atoms with Gasteiger partial charge in [0.1, 0.15) is 12.4 Å². The zero-order valence-electron chi connectivity index (χ0n) is 15.8. The van der Waals surface area contributed by atoms with E-state index in [1.807, 2.05) is 6.07 Å². The van der Waals surface area contributed by atoms with Crippen LogP contribution in [0.3, 0.4) is 0 Å². The minimum atomic E-state index is -0.118. The number of phenolic OH excluding ortho intramolecular Hbond substituents is 1. The quantitative estimate of drug-likeness (QED) is 0.734. The monoisotopic (exact) mass is 352 g/mol. The van der Waals surface area contributed by atoms with E-state index < -0.39 is 0 Å². The molecule has 2 N–H and O–H groups in total. The van der Waals surface area contributed by atoms with E-state index in [1.54, 1.807) is 6.07 Å². The van der Waals surface area contributed by atoms with E-state index in [1.165, 1.54) is 0 Å². The number of phenols is 1. The fourth-order valence-corrected chi connectivity index (χ4v) is 3.09. The van der Waals surface area contributed by atoms with Crippen LogP contribution in [0.25, 0.3) is 0 Å². The van der Waals surface area contributed by atoms with Gasteiger partial charge in [0.25, 0.3) is 0 Å². The molecule has 0 saturated heterocycles. The lowest BCUT2D eigenvalue weighted by Crippen LogP contribution is -2.25. The first-order chi connectivity index (χ1) is 10.9. The van der Waals surface area contributed by atoms with Gasteiger partial charge in [-0.2, -0.15) is 0 Å². The Bertz CT molecular complexity index is 553. The predicted molar refractivity (Wildman–Crippen MR) is 104 cm³/mol. The molecule has 1 aromatic carbocycles. The summed E-state index contributed by atoms with van der Waals surface area (Å²) >= 11 is 5.46. The third-order valence-corrected chi connectivity index (χ3v) is 4.33. The molecule has 136 valence electrons. The van der Waals surface area contributed by atoms with Gasteiger partial charge in [0.2, 0.25) is 0 Å². The van der Waals surface area contributed by atoms with Crippen LogP contribution in [0.1, 0.15) is 59.1 Å². The van der Waals surface area contributed by atoms with E-state index in [0.29, 0.717) is 10.8 Å². The van der Waals surface area contributed by atoms with Gasteiger partial charge in [0.15, 0.2) is 5.05 Å². The summed E-state index contributed by atoms with van der Waals surface area (Å²) in [4.78, 5) is 0. The highest BCUT2D eigenvalue weighted by Gasteiger charge is 2.25. The molecule has 1 rings (SSSR count). The van der Waals surface area contributed by atoms with E-state index >= 15 is 0 Å². The van der Waals surface area contributed by atoms with Crippen molar-refractivity contribution >= 4 is 17.3 Å². The molecule has 0 aliphatic carbocycles. The fourth-order valence-electron chi connectivity index (χ4n) is 2.84. The summed E-state index contributed by atoms with van der Waals surface area (Å²) in [5.74, 6) is 0.432. The predicted octanol–water partition coefficient (Wildman–Crippen LogP) is 4.62. The summed E-state index contributed by atoms with van der Waals surface area (Å²) in [6, 6.07) is 5.79. The van der Waals surface area contributed by atoms with E-state index in [2.05, 4.69) is 47.6 Å². The van der Waals surface area contributed by atoms with Gasteiger partial charge in [-0.05, 0) is 53.1 Å². The van der Waals surface area contributed by atoms with Gasteiger partial charge in [0, 0.05) is 5.92 Å². The highest BCUT2D eigenvalue weighted by molar-refractivity contribution is 7.80. The molecule has 1 aromatic rings. The maximum Gasteiger partial charge on any atom is 0.163 e. The summed E-state index contributed by atoms with van der Waals surface area (Å²) in [7, 11) is 0. The van der Waals surface area contributed by atoms with Crippen LogP contribution >= 0.6 is 12.2 Å². The SMILES string of the molecule is CC(C)(C)CC(Cc1ccc(O)c(C(C)(C)C)c1)C(=S)OCCO. The van der Waals surface area contributed by atoms with Crippen molar-refractivity contribution in [2.24, 2.45) is 11.3 Å². The highest BCUT2D eigenvalue weighted by atomic mass is 32.1. The van der Waals surface area contributed by atoms with Crippen molar-refractivity contribution in [2.75, 3.05) is 13.2 Å². The van der Waals surface area contributed by atoms with Crippen molar-refractivity contribution in [1.29, 1.82) is 0 Å². The maximum atomic E-state index is 10.1. The molecule has 1 atom stereocenters. The minimum Gasteiger partial charge on any atom is -0.508 e. The number of benzene rings is 1. The second kappa shape index (κ2) is 8.30. The zero-order chi connectivity index (χ0) is 18.5. The molecule has 0 aliphatic rings. The van der Waals surface area contributed by atoms with Gasteiger partial charge in [-0.1, -0.05) is 53.7 Å². The second-order valence-electron chi connectivity index (χ2n) is 8.66. The normalized spacial score (nSPS) is 13.6. The van der Waals surface area contributed by atoms with Crippen molar-refractivity contribution in [3.05, 3.63) is 29.3 Å². The van der Waals surface area contributed by atoms with Gasteiger partial charge in [-0.3, -0.25) is 0 Å². The Morgan fingerprint density at radius 1 is 1.17 bits per heavy atom. The Balaban J connectivity index is 3.03. The molecule has 0 bridgehead atoms. The van der Waals surface area contributed by atoms with Crippen LogP contribution in [0, 0.1) is 11.3 Å². The van der Waals surface area contributed by atoms with E-state index in [0.717, 1.165) is 24.0 Å². The molecule has 1 unspecified atom stereocenters. The van der Waals surface area contributed by atoms with Crippen LogP contribution in [0.2, 0.25) is 0 Å². The Labute approximate surface area is 152 Å². The maximum absolute atomic E-state index is 10.1. The average Bonchev–Trinajstić information content (AvgIpc) is 2.43. The summed E-state index contributed by atoms with van der Waals surface area (Å²) in [5, 5.41) is 19.7. The molecule has 0 radical (unpaired) electrons. The number of aromatic hydroxyl groups is 1. The third-order valence-electron chi connectivity index (χ3n) is 3.88. The van der Waals surface area contributed by atoms with Crippen molar-refractivity contribution in [1.82, 2.24) is 0 Å². The Morgan fingerprint density at radius 3 is 2.29 bits per heavy atom. The average molecular weight is 353 g/mol. The number of hydrogen-bond acceptors (Lipinski definition) is 4. The molecule has 0 aromatic heterocycles. The number of aliphatic hydroxyl groups is 1. The smallest absolute Gasteiger partial charge is 0.163 e. The molecule has 0 heterocycles. The van der Waals surface area contributed by atoms with E-state index in [9.17, 15) is 5.11 Å². The largest absolute Gasteiger partial charge is 0.508 e. The minimum absolute atomic E-state index is 0.0320.